The standard InChI is InChI=1S/C21H23NO2/c23-21(16-10-5-2-6-11-16)22-18-14-20(15-8-3-1-4-9-15)24-19-13-7-12-17(18)19/h1-6,8-11,17-20H,7,12-14H2,(H,22,23)/t17-,18+,19+,20+/m0/s1. The summed E-state index contributed by atoms with van der Waals surface area (Å²) in [5.74, 6) is 0.470. The third-order valence-electron chi connectivity index (χ3n) is 5.35. The highest BCUT2D eigenvalue weighted by atomic mass is 16.5. The Labute approximate surface area is 143 Å². The van der Waals surface area contributed by atoms with Crippen molar-refractivity contribution in [2.45, 2.75) is 43.9 Å². The molecule has 0 radical (unpaired) electrons. The summed E-state index contributed by atoms with van der Waals surface area (Å²) in [6.45, 7) is 0. The van der Waals surface area contributed by atoms with Crippen molar-refractivity contribution < 1.29 is 9.53 Å². The van der Waals surface area contributed by atoms with Gasteiger partial charge in [0.05, 0.1) is 12.2 Å². The normalized spacial score (nSPS) is 29.0. The third-order valence-corrected chi connectivity index (χ3v) is 5.35. The zero-order valence-electron chi connectivity index (χ0n) is 13.7. The molecule has 4 rings (SSSR count). The maximum atomic E-state index is 12.6. The minimum Gasteiger partial charge on any atom is -0.370 e. The molecule has 4 atom stereocenters. The molecule has 24 heavy (non-hydrogen) atoms. The van der Waals surface area contributed by atoms with Crippen molar-refractivity contribution in [3.63, 3.8) is 0 Å². The first-order chi connectivity index (χ1) is 11.8. The van der Waals surface area contributed by atoms with Gasteiger partial charge in [-0.2, -0.15) is 0 Å². The van der Waals surface area contributed by atoms with Gasteiger partial charge in [0.25, 0.3) is 5.91 Å². The lowest BCUT2D eigenvalue weighted by Crippen LogP contribution is -2.48. The maximum Gasteiger partial charge on any atom is 0.251 e. The Morgan fingerprint density at radius 3 is 2.42 bits per heavy atom. The molecule has 3 heteroatoms. The summed E-state index contributed by atoms with van der Waals surface area (Å²) < 4.78 is 6.36. The average Bonchev–Trinajstić information content (AvgIpc) is 3.12. The molecule has 1 aliphatic carbocycles. The SMILES string of the molecule is O=C(N[C@@H]1C[C@H](c2ccccc2)O[C@@H]2CCC[C@@H]12)c1ccccc1. The number of nitrogens with one attached hydrogen (secondary N) is 1. The predicted octanol–water partition coefficient (Wildman–Crippen LogP) is 4.12. The first-order valence-electron chi connectivity index (χ1n) is 8.87. The number of benzene rings is 2. The van der Waals surface area contributed by atoms with Crippen LogP contribution in [-0.2, 0) is 4.74 Å². The van der Waals surface area contributed by atoms with Gasteiger partial charge in [-0.1, -0.05) is 55.0 Å². The largest absolute Gasteiger partial charge is 0.370 e. The fraction of sp³-hybridized carbons (Fsp3) is 0.381. The molecule has 2 fully saturated rings. The Bertz CT molecular complexity index is 685. The van der Waals surface area contributed by atoms with E-state index in [-0.39, 0.29) is 24.2 Å². The zero-order chi connectivity index (χ0) is 16.4. The lowest BCUT2D eigenvalue weighted by Gasteiger charge is -2.39. The van der Waals surface area contributed by atoms with Gasteiger partial charge in [-0.25, -0.2) is 0 Å². The first-order valence-corrected chi connectivity index (χ1v) is 8.87. The number of ether oxygens (including phenoxy) is 1. The molecule has 0 aromatic heterocycles. The number of carbonyl (C=O) groups excluding carboxylic acids is 1. The molecule has 2 aliphatic rings. The van der Waals surface area contributed by atoms with E-state index in [0.717, 1.165) is 24.8 Å². The summed E-state index contributed by atoms with van der Waals surface area (Å²) in [4.78, 5) is 12.6. The molecule has 1 aliphatic heterocycles. The molecule has 0 spiro atoms. The maximum absolute atomic E-state index is 12.6. The number of carbonyl (C=O) groups is 1. The lowest BCUT2D eigenvalue weighted by molar-refractivity contribution is -0.0846. The minimum absolute atomic E-state index is 0.0277. The molecule has 2 aromatic carbocycles. The molecule has 124 valence electrons. The van der Waals surface area contributed by atoms with Crippen LogP contribution < -0.4 is 5.32 Å². The number of fused-ring (bicyclic) bond motifs is 1. The summed E-state index contributed by atoms with van der Waals surface area (Å²) in [6.07, 6.45) is 4.63. The molecule has 0 unspecified atom stereocenters. The van der Waals surface area contributed by atoms with Crippen molar-refractivity contribution in [3.8, 4) is 0 Å². The van der Waals surface area contributed by atoms with E-state index in [0.29, 0.717) is 5.92 Å². The molecule has 2 aromatic rings. The van der Waals surface area contributed by atoms with E-state index in [1.165, 1.54) is 12.0 Å². The molecule has 1 N–H and O–H groups in total. The van der Waals surface area contributed by atoms with Crippen molar-refractivity contribution in [2.24, 2.45) is 5.92 Å². The highest BCUT2D eigenvalue weighted by Crippen LogP contribution is 2.42. The van der Waals surface area contributed by atoms with Gasteiger partial charge >= 0.3 is 0 Å². The summed E-state index contributed by atoms with van der Waals surface area (Å²) in [5.41, 5.74) is 1.94. The summed E-state index contributed by atoms with van der Waals surface area (Å²) >= 11 is 0. The van der Waals surface area contributed by atoms with Crippen molar-refractivity contribution >= 4 is 5.91 Å². The van der Waals surface area contributed by atoms with E-state index < -0.39 is 0 Å². The fourth-order valence-electron chi connectivity index (χ4n) is 4.15. The van der Waals surface area contributed by atoms with E-state index in [2.05, 4.69) is 29.6 Å². The van der Waals surface area contributed by atoms with Crippen LogP contribution in [0.4, 0.5) is 0 Å². The summed E-state index contributed by atoms with van der Waals surface area (Å²) in [7, 11) is 0. The van der Waals surface area contributed by atoms with Gasteiger partial charge in [-0.05, 0) is 37.0 Å². The second kappa shape index (κ2) is 6.78. The van der Waals surface area contributed by atoms with Gasteiger partial charge in [-0.15, -0.1) is 0 Å². The van der Waals surface area contributed by atoms with Gasteiger partial charge in [0.15, 0.2) is 0 Å². The Morgan fingerprint density at radius 1 is 0.958 bits per heavy atom. The second-order valence-corrected chi connectivity index (χ2v) is 6.85. The van der Waals surface area contributed by atoms with Crippen LogP contribution in [0.25, 0.3) is 0 Å². The van der Waals surface area contributed by atoms with Crippen LogP contribution >= 0.6 is 0 Å². The van der Waals surface area contributed by atoms with Gasteiger partial charge in [0.1, 0.15) is 0 Å². The van der Waals surface area contributed by atoms with Crippen LogP contribution in [0.1, 0.15) is 47.7 Å². The van der Waals surface area contributed by atoms with E-state index in [1.54, 1.807) is 0 Å². The zero-order valence-corrected chi connectivity index (χ0v) is 13.7. The Morgan fingerprint density at radius 2 is 1.67 bits per heavy atom. The van der Waals surface area contributed by atoms with Gasteiger partial charge in [-0.3, -0.25) is 4.79 Å². The van der Waals surface area contributed by atoms with E-state index in [1.807, 2.05) is 36.4 Å². The highest BCUT2D eigenvalue weighted by Gasteiger charge is 2.42. The second-order valence-electron chi connectivity index (χ2n) is 6.85. The van der Waals surface area contributed by atoms with Crippen LogP contribution in [-0.4, -0.2) is 18.1 Å². The molecule has 1 saturated carbocycles. The monoisotopic (exact) mass is 321 g/mol. The van der Waals surface area contributed by atoms with E-state index >= 15 is 0 Å². The fourth-order valence-corrected chi connectivity index (χ4v) is 4.15. The van der Waals surface area contributed by atoms with Crippen molar-refractivity contribution in [2.75, 3.05) is 0 Å². The molecule has 0 bridgehead atoms. The van der Waals surface area contributed by atoms with Crippen LogP contribution in [0.15, 0.2) is 60.7 Å². The van der Waals surface area contributed by atoms with E-state index in [9.17, 15) is 4.79 Å². The summed E-state index contributed by atoms with van der Waals surface area (Å²) in [5, 5.41) is 3.29. The quantitative estimate of drug-likeness (QED) is 0.923. The van der Waals surface area contributed by atoms with Crippen molar-refractivity contribution in [3.05, 3.63) is 71.8 Å². The topological polar surface area (TPSA) is 38.3 Å². The van der Waals surface area contributed by atoms with Crippen LogP contribution in [0.2, 0.25) is 0 Å². The number of rotatable bonds is 3. The molecule has 1 amide bonds. The summed E-state index contributed by atoms with van der Waals surface area (Å²) in [6, 6.07) is 20.0. The number of amides is 1. The van der Waals surface area contributed by atoms with Crippen LogP contribution in [0, 0.1) is 5.92 Å². The minimum atomic E-state index is 0.0277. The Kier molecular flexibility index (Phi) is 4.35. The molecular weight excluding hydrogens is 298 g/mol. The number of hydrogen-bond donors (Lipinski definition) is 1. The van der Waals surface area contributed by atoms with Crippen molar-refractivity contribution in [1.82, 2.24) is 5.32 Å². The molecule has 1 heterocycles. The van der Waals surface area contributed by atoms with E-state index in [4.69, 9.17) is 4.74 Å². The van der Waals surface area contributed by atoms with Gasteiger partial charge in [0.2, 0.25) is 0 Å². The predicted molar refractivity (Wildman–Crippen MR) is 93.7 cm³/mol. The van der Waals surface area contributed by atoms with Crippen molar-refractivity contribution in [1.29, 1.82) is 0 Å². The van der Waals surface area contributed by atoms with Crippen LogP contribution in [0.5, 0.6) is 0 Å². The smallest absolute Gasteiger partial charge is 0.251 e. The van der Waals surface area contributed by atoms with Crippen LogP contribution in [0.3, 0.4) is 0 Å². The Balaban J connectivity index is 1.53. The van der Waals surface area contributed by atoms with Gasteiger partial charge < -0.3 is 10.1 Å². The lowest BCUT2D eigenvalue weighted by atomic mass is 9.86. The molecule has 3 nitrogen and oxygen atoms in total. The average molecular weight is 321 g/mol. The third kappa shape index (κ3) is 3.09. The Hall–Kier alpha value is -2.13. The first kappa shape index (κ1) is 15.4. The molecule has 1 saturated heterocycles. The van der Waals surface area contributed by atoms with Gasteiger partial charge in [0, 0.05) is 17.5 Å². The highest BCUT2D eigenvalue weighted by molar-refractivity contribution is 5.94. The number of hydrogen-bond acceptors (Lipinski definition) is 2. The molecular formula is C21H23NO2.